The average Bonchev–Trinajstić information content (AvgIpc) is 2.46. The molecule has 106 valence electrons. The van der Waals surface area contributed by atoms with Crippen molar-refractivity contribution in [3.63, 3.8) is 0 Å². The molecule has 1 aliphatic rings. The van der Waals surface area contributed by atoms with Crippen molar-refractivity contribution >= 4 is 0 Å². The Labute approximate surface area is 116 Å². The van der Waals surface area contributed by atoms with Gasteiger partial charge in [0.05, 0.1) is 7.11 Å². The van der Waals surface area contributed by atoms with Crippen molar-refractivity contribution in [1.82, 2.24) is 5.32 Å². The quantitative estimate of drug-likeness (QED) is 0.827. The van der Waals surface area contributed by atoms with Crippen molar-refractivity contribution in [2.75, 3.05) is 13.7 Å². The fourth-order valence-electron chi connectivity index (χ4n) is 2.90. The molecule has 2 unspecified atom stereocenters. The minimum Gasteiger partial charge on any atom is -0.497 e. The zero-order valence-corrected chi connectivity index (χ0v) is 12.0. The molecule has 1 aliphatic carbocycles. The second-order valence-electron chi connectivity index (χ2n) is 5.36. The smallest absolute Gasteiger partial charge is 0.119 e. The van der Waals surface area contributed by atoms with Gasteiger partial charge in [0.1, 0.15) is 5.75 Å². The third-order valence-corrected chi connectivity index (χ3v) is 4.08. The highest BCUT2D eigenvalue weighted by atomic mass is 16.5. The van der Waals surface area contributed by atoms with Gasteiger partial charge < -0.3 is 15.2 Å². The minimum absolute atomic E-state index is 0.267. The second-order valence-corrected chi connectivity index (χ2v) is 5.36. The van der Waals surface area contributed by atoms with E-state index in [9.17, 15) is 0 Å². The number of fused-ring (bicyclic) bond motifs is 1. The molecule has 2 N–H and O–H groups in total. The van der Waals surface area contributed by atoms with Crippen LogP contribution in [0.1, 0.15) is 37.3 Å². The Bertz CT molecular complexity index is 406. The molecule has 0 saturated heterocycles. The molecule has 0 saturated carbocycles. The zero-order chi connectivity index (χ0) is 13.7. The van der Waals surface area contributed by atoms with Gasteiger partial charge in [0.25, 0.3) is 0 Å². The molecule has 2 atom stereocenters. The molecule has 0 heterocycles. The molecule has 0 fully saturated rings. The summed E-state index contributed by atoms with van der Waals surface area (Å²) in [4.78, 5) is 0. The standard InChI is InChI=1S/C16H25NO2/c1-3-14(8-9-18)17-15-6-4-12-5-7-16(19-2)11-13(12)10-15/h5,7,11,14-15,17-18H,3-4,6,8-10H2,1-2H3. The monoisotopic (exact) mass is 263 g/mol. The Hall–Kier alpha value is -1.06. The van der Waals surface area contributed by atoms with E-state index in [2.05, 4.69) is 24.4 Å². The van der Waals surface area contributed by atoms with Crippen molar-refractivity contribution in [3.8, 4) is 5.75 Å². The number of aliphatic hydroxyl groups excluding tert-OH is 1. The van der Waals surface area contributed by atoms with E-state index in [0.717, 1.165) is 31.4 Å². The van der Waals surface area contributed by atoms with Crippen LogP contribution in [0.5, 0.6) is 5.75 Å². The number of hydrogen-bond donors (Lipinski definition) is 2. The first kappa shape index (κ1) is 14.4. The van der Waals surface area contributed by atoms with Gasteiger partial charge in [0, 0.05) is 18.7 Å². The summed E-state index contributed by atoms with van der Waals surface area (Å²) in [7, 11) is 1.72. The van der Waals surface area contributed by atoms with E-state index in [0.29, 0.717) is 12.1 Å². The highest BCUT2D eigenvalue weighted by Gasteiger charge is 2.20. The Morgan fingerprint density at radius 1 is 1.42 bits per heavy atom. The lowest BCUT2D eigenvalue weighted by Crippen LogP contribution is -2.41. The number of methoxy groups -OCH3 is 1. The second kappa shape index (κ2) is 6.92. The topological polar surface area (TPSA) is 41.5 Å². The molecule has 19 heavy (non-hydrogen) atoms. The summed E-state index contributed by atoms with van der Waals surface area (Å²) in [6.45, 7) is 2.44. The Kier molecular flexibility index (Phi) is 5.23. The van der Waals surface area contributed by atoms with E-state index in [1.165, 1.54) is 17.5 Å². The van der Waals surface area contributed by atoms with Gasteiger partial charge in [-0.15, -0.1) is 0 Å². The highest BCUT2D eigenvalue weighted by molar-refractivity contribution is 5.37. The SMILES string of the molecule is CCC(CCO)NC1CCc2ccc(OC)cc2C1. The molecule has 0 amide bonds. The molecule has 3 nitrogen and oxygen atoms in total. The van der Waals surface area contributed by atoms with Gasteiger partial charge in [-0.3, -0.25) is 0 Å². The van der Waals surface area contributed by atoms with Crippen molar-refractivity contribution in [2.24, 2.45) is 0 Å². The van der Waals surface area contributed by atoms with E-state index in [1.54, 1.807) is 7.11 Å². The molecule has 0 bridgehead atoms. The predicted molar refractivity (Wildman–Crippen MR) is 77.7 cm³/mol. The average molecular weight is 263 g/mol. The molecule has 0 aromatic heterocycles. The van der Waals surface area contributed by atoms with Crippen molar-refractivity contribution < 1.29 is 9.84 Å². The molecule has 1 aromatic rings. The molecule has 0 spiro atoms. The lowest BCUT2D eigenvalue weighted by molar-refractivity contribution is 0.252. The zero-order valence-electron chi connectivity index (χ0n) is 12.0. The first-order valence-electron chi connectivity index (χ1n) is 7.29. The highest BCUT2D eigenvalue weighted by Crippen LogP contribution is 2.26. The predicted octanol–water partition coefficient (Wildman–Crippen LogP) is 2.30. The molecule has 3 heteroatoms. The van der Waals surface area contributed by atoms with Gasteiger partial charge >= 0.3 is 0 Å². The van der Waals surface area contributed by atoms with Gasteiger partial charge in [0.2, 0.25) is 0 Å². The van der Waals surface area contributed by atoms with Gasteiger partial charge in [-0.2, -0.15) is 0 Å². The van der Waals surface area contributed by atoms with Crippen LogP contribution in [-0.2, 0) is 12.8 Å². The van der Waals surface area contributed by atoms with Crippen LogP contribution in [0.4, 0.5) is 0 Å². The summed E-state index contributed by atoms with van der Waals surface area (Å²) in [5.74, 6) is 0.946. The fraction of sp³-hybridized carbons (Fsp3) is 0.625. The molecule has 0 aliphatic heterocycles. The van der Waals surface area contributed by atoms with E-state index < -0.39 is 0 Å². The van der Waals surface area contributed by atoms with E-state index in [-0.39, 0.29) is 6.61 Å². The Morgan fingerprint density at radius 2 is 2.26 bits per heavy atom. The molecular weight excluding hydrogens is 238 g/mol. The van der Waals surface area contributed by atoms with Crippen molar-refractivity contribution in [3.05, 3.63) is 29.3 Å². The van der Waals surface area contributed by atoms with Gasteiger partial charge in [-0.05, 0) is 55.4 Å². The summed E-state index contributed by atoms with van der Waals surface area (Å²) >= 11 is 0. The first-order chi connectivity index (χ1) is 9.26. The van der Waals surface area contributed by atoms with E-state index in [1.807, 2.05) is 6.07 Å². The van der Waals surface area contributed by atoms with Gasteiger partial charge in [0.15, 0.2) is 0 Å². The molecule has 2 rings (SSSR count). The van der Waals surface area contributed by atoms with Crippen LogP contribution in [-0.4, -0.2) is 30.9 Å². The first-order valence-corrected chi connectivity index (χ1v) is 7.29. The number of aliphatic hydroxyl groups is 1. The Balaban J connectivity index is 2.00. The summed E-state index contributed by atoms with van der Waals surface area (Å²) in [5, 5.41) is 12.8. The number of benzene rings is 1. The Morgan fingerprint density at radius 3 is 2.95 bits per heavy atom. The van der Waals surface area contributed by atoms with Crippen LogP contribution in [0.3, 0.4) is 0 Å². The minimum atomic E-state index is 0.267. The van der Waals surface area contributed by atoms with E-state index >= 15 is 0 Å². The number of aryl methyl sites for hydroxylation is 1. The van der Waals surface area contributed by atoms with Crippen molar-refractivity contribution in [2.45, 2.75) is 51.1 Å². The summed E-state index contributed by atoms with van der Waals surface area (Å²) in [6, 6.07) is 7.36. The van der Waals surface area contributed by atoms with Crippen LogP contribution < -0.4 is 10.1 Å². The third-order valence-electron chi connectivity index (χ3n) is 4.08. The van der Waals surface area contributed by atoms with Crippen LogP contribution in [0.15, 0.2) is 18.2 Å². The number of nitrogens with one attached hydrogen (secondary N) is 1. The van der Waals surface area contributed by atoms with Crippen LogP contribution in [0, 0.1) is 0 Å². The van der Waals surface area contributed by atoms with Gasteiger partial charge in [-0.25, -0.2) is 0 Å². The van der Waals surface area contributed by atoms with Crippen molar-refractivity contribution in [1.29, 1.82) is 0 Å². The summed E-state index contributed by atoms with van der Waals surface area (Å²) in [6.07, 6.45) is 5.29. The summed E-state index contributed by atoms with van der Waals surface area (Å²) < 4.78 is 5.30. The lowest BCUT2D eigenvalue weighted by atomic mass is 9.87. The van der Waals surface area contributed by atoms with Crippen LogP contribution in [0.2, 0.25) is 0 Å². The maximum absolute atomic E-state index is 9.07. The van der Waals surface area contributed by atoms with Gasteiger partial charge in [-0.1, -0.05) is 13.0 Å². The summed E-state index contributed by atoms with van der Waals surface area (Å²) in [5.41, 5.74) is 2.86. The maximum atomic E-state index is 9.07. The number of ether oxygens (including phenoxy) is 1. The normalized spacial score (nSPS) is 19.8. The molecule has 1 aromatic carbocycles. The largest absolute Gasteiger partial charge is 0.497 e. The number of hydrogen-bond acceptors (Lipinski definition) is 3. The third kappa shape index (κ3) is 3.71. The molecular formula is C16H25NO2. The number of rotatable bonds is 6. The molecule has 0 radical (unpaired) electrons. The van der Waals surface area contributed by atoms with Crippen LogP contribution in [0.25, 0.3) is 0 Å². The van der Waals surface area contributed by atoms with E-state index in [4.69, 9.17) is 9.84 Å². The lowest BCUT2D eigenvalue weighted by Gasteiger charge is -2.29. The van der Waals surface area contributed by atoms with Crippen LogP contribution >= 0.6 is 0 Å². The maximum Gasteiger partial charge on any atom is 0.119 e. The fourth-order valence-corrected chi connectivity index (χ4v) is 2.90.